The molecular weight excluding hydrogens is 224 g/mol. The van der Waals surface area contributed by atoms with E-state index in [2.05, 4.69) is 0 Å². The molecule has 0 saturated heterocycles. The lowest BCUT2D eigenvalue weighted by atomic mass is 9.99. The van der Waals surface area contributed by atoms with E-state index in [0.29, 0.717) is 11.1 Å². The standard InChI is InChI=1S/C13H11ClO2/c1-8-12(9-5-3-2-4-6-9)11(15)7-10(14)13(8)16/h2-7,15-16H,1H3. The lowest BCUT2D eigenvalue weighted by molar-refractivity contribution is 0.458. The average Bonchev–Trinajstić information content (AvgIpc) is 2.28. The molecule has 2 N–H and O–H groups in total. The molecule has 0 fully saturated rings. The lowest BCUT2D eigenvalue weighted by Gasteiger charge is -2.11. The summed E-state index contributed by atoms with van der Waals surface area (Å²) in [5.41, 5.74) is 2.04. The molecule has 0 saturated carbocycles. The Kier molecular flexibility index (Phi) is 2.75. The first-order chi connectivity index (χ1) is 7.61. The third kappa shape index (κ3) is 1.72. The van der Waals surface area contributed by atoms with Gasteiger partial charge >= 0.3 is 0 Å². The molecule has 0 aliphatic carbocycles. The molecule has 16 heavy (non-hydrogen) atoms. The number of aromatic hydroxyl groups is 2. The number of hydrogen-bond acceptors (Lipinski definition) is 2. The van der Waals surface area contributed by atoms with Gasteiger partial charge in [0.25, 0.3) is 0 Å². The summed E-state index contributed by atoms with van der Waals surface area (Å²) in [6.45, 7) is 1.73. The second kappa shape index (κ2) is 4.06. The van der Waals surface area contributed by atoms with Crippen LogP contribution in [0.15, 0.2) is 36.4 Å². The normalized spacial score (nSPS) is 10.4. The quantitative estimate of drug-likeness (QED) is 0.739. The predicted octanol–water partition coefficient (Wildman–Crippen LogP) is 3.73. The Balaban J connectivity index is 2.71. The summed E-state index contributed by atoms with van der Waals surface area (Å²) < 4.78 is 0. The first-order valence-electron chi connectivity index (χ1n) is 4.87. The fraction of sp³-hybridized carbons (Fsp3) is 0.0769. The summed E-state index contributed by atoms with van der Waals surface area (Å²) in [5, 5.41) is 19.7. The van der Waals surface area contributed by atoms with E-state index in [4.69, 9.17) is 11.6 Å². The molecule has 0 aromatic heterocycles. The summed E-state index contributed by atoms with van der Waals surface area (Å²) >= 11 is 5.77. The molecule has 0 spiro atoms. The van der Waals surface area contributed by atoms with Gasteiger partial charge in [-0.3, -0.25) is 0 Å². The number of hydrogen-bond donors (Lipinski definition) is 2. The summed E-state index contributed by atoms with van der Waals surface area (Å²) in [6.07, 6.45) is 0. The first kappa shape index (κ1) is 10.8. The Morgan fingerprint density at radius 1 is 1.06 bits per heavy atom. The van der Waals surface area contributed by atoms with Crippen LogP contribution in [-0.2, 0) is 0 Å². The van der Waals surface area contributed by atoms with E-state index in [1.54, 1.807) is 6.92 Å². The molecule has 0 radical (unpaired) electrons. The van der Waals surface area contributed by atoms with Crippen LogP contribution in [0, 0.1) is 6.92 Å². The Morgan fingerprint density at radius 2 is 1.69 bits per heavy atom. The zero-order chi connectivity index (χ0) is 11.7. The molecule has 2 rings (SSSR count). The summed E-state index contributed by atoms with van der Waals surface area (Å²) in [5.74, 6) is 0.0878. The largest absolute Gasteiger partial charge is 0.507 e. The topological polar surface area (TPSA) is 40.5 Å². The molecule has 2 aromatic rings. The van der Waals surface area contributed by atoms with Gasteiger partial charge in [0.05, 0.1) is 5.02 Å². The van der Waals surface area contributed by atoms with Crippen molar-refractivity contribution in [1.82, 2.24) is 0 Å². The first-order valence-corrected chi connectivity index (χ1v) is 5.25. The van der Waals surface area contributed by atoms with Gasteiger partial charge in [-0.2, -0.15) is 0 Å². The van der Waals surface area contributed by atoms with Gasteiger partial charge in [0.1, 0.15) is 11.5 Å². The van der Waals surface area contributed by atoms with Crippen LogP contribution in [0.2, 0.25) is 5.02 Å². The van der Waals surface area contributed by atoms with Crippen LogP contribution in [0.3, 0.4) is 0 Å². The average molecular weight is 235 g/mol. The van der Waals surface area contributed by atoms with Gasteiger partial charge in [-0.15, -0.1) is 0 Å². The Morgan fingerprint density at radius 3 is 2.31 bits per heavy atom. The van der Waals surface area contributed by atoms with Crippen molar-refractivity contribution in [3.63, 3.8) is 0 Å². The van der Waals surface area contributed by atoms with E-state index in [-0.39, 0.29) is 16.5 Å². The van der Waals surface area contributed by atoms with Gasteiger partial charge in [0.15, 0.2) is 0 Å². The lowest BCUT2D eigenvalue weighted by Crippen LogP contribution is -1.86. The van der Waals surface area contributed by atoms with Crippen molar-refractivity contribution in [2.24, 2.45) is 0 Å². The van der Waals surface area contributed by atoms with Gasteiger partial charge in [-0.1, -0.05) is 41.9 Å². The summed E-state index contributed by atoms with van der Waals surface area (Å²) in [6, 6.07) is 10.7. The van der Waals surface area contributed by atoms with Gasteiger partial charge in [0.2, 0.25) is 0 Å². The highest BCUT2D eigenvalue weighted by Crippen LogP contribution is 2.41. The van der Waals surface area contributed by atoms with Crippen LogP contribution < -0.4 is 0 Å². The molecule has 0 aliphatic rings. The van der Waals surface area contributed by atoms with Crippen LogP contribution in [0.5, 0.6) is 11.5 Å². The molecule has 2 aromatic carbocycles. The fourth-order valence-electron chi connectivity index (χ4n) is 1.72. The van der Waals surface area contributed by atoms with E-state index >= 15 is 0 Å². The third-order valence-corrected chi connectivity index (χ3v) is 2.83. The van der Waals surface area contributed by atoms with Crippen molar-refractivity contribution < 1.29 is 10.2 Å². The maximum Gasteiger partial charge on any atom is 0.137 e. The minimum atomic E-state index is 0.0123. The highest BCUT2D eigenvalue weighted by molar-refractivity contribution is 6.32. The van der Waals surface area contributed by atoms with E-state index in [1.165, 1.54) is 6.07 Å². The van der Waals surface area contributed by atoms with Gasteiger partial charge in [-0.25, -0.2) is 0 Å². The van der Waals surface area contributed by atoms with Crippen molar-refractivity contribution in [3.05, 3.63) is 47.0 Å². The Labute approximate surface area is 98.7 Å². The molecule has 3 heteroatoms. The van der Waals surface area contributed by atoms with Crippen molar-refractivity contribution in [2.45, 2.75) is 6.92 Å². The van der Waals surface area contributed by atoms with Crippen LogP contribution in [0.1, 0.15) is 5.56 Å². The maximum absolute atomic E-state index is 9.85. The molecule has 0 aliphatic heterocycles. The molecule has 82 valence electrons. The number of phenols is 2. The summed E-state index contributed by atoms with van der Waals surface area (Å²) in [4.78, 5) is 0. The Hall–Kier alpha value is -1.67. The fourth-order valence-corrected chi connectivity index (χ4v) is 1.96. The van der Waals surface area contributed by atoms with Gasteiger partial charge in [0, 0.05) is 17.2 Å². The van der Waals surface area contributed by atoms with Crippen LogP contribution >= 0.6 is 11.6 Å². The molecule has 2 nitrogen and oxygen atoms in total. The zero-order valence-electron chi connectivity index (χ0n) is 8.74. The minimum absolute atomic E-state index is 0.0123. The van der Waals surface area contributed by atoms with Gasteiger partial charge in [-0.05, 0) is 12.5 Å². The van der Waals surface area contributed by atoms with E-state index in [0.717, 1.165) is 5.56 Å². The van der Waals surface area contributed by atoms with Crippen molar-refractivity contribution in [3.8, 4) is 22.6 Å². The number of halogens is 1. The molecule has 0 unspecified atom stereocenters. The predicted molar refractivity (Wildman–Crippen MR) is 65.0 cm³/mol. The van der Waals surface area contributed by atoms with Gasteiger partial charge < -0.3 is 10.2 Å². The molecular formula is C13H11ClO2. The van der Waals surface area contributed by atoms with Crippen molar-refractivity contribution in [2.75, 3.05) is 0 Å². The number of phenolic OH excluding ortho intramolecular Hbond substituents is 2. The highest BCUT2D eigenvalue weighted by Gasteiger charge is 2.14. The Bertz CT molecular complexity index is 521. The number of rotatable bonds is 1. The molecule has 0 bridgehead atoms. The van der Waals surface area contributed by atoms with E-state index in [1.807, 2.05) is 30.3 Å². The maximum atomic E-state index is 9.85. The monoisotopic (exact) mass is 234 g/mol. The minimum Gasteiger partial charge on any atom is -0.507 e. The number of benzene rings is 2. The molecule has 0 amide bonds. The van der Waals surface area contributed by atoms with Crippen LogP contribution in [-0.4, -0.2) is 10.2 Å². The second-order valence-corrected chi connectivity index (χ2v) is 4.00. The van der Waals surface area contributed by atoms with E-state index < -0.39 is 0 Å². The highest BCUT2D eigenvalue weighted by atomic mass is 35.5. The van der Waals surface area contributed by atoms with E-state index in [9.17, 15) is 10.2 Å². The molecule has 0 heterocycles. The third-order valence-electron chi connectivity index (χ3n) is 2.54. The second-order valence-electron chi connectivity index (χ2n) is 3.59. The van der Waals surface area contributed by atoms with Crippen molar-refractivity contribution >= 4 is 11.6 Å². The SMILES string of the molecule is Cc1c(O)c(Cl)cc(O)c1-c1ccccc1. The smallest absolute Gasteiger partial charge is 0.137 e. The van der Waals surface area contributed by atoms with Crippen molar-refractivity contribution in [1.29, 1.82) is 0 Å². The molecule has 0 atom stereocenters. The van der Waals surface area contributed by atoms with Crippen LogP contribution in [0.25, 0.3) is 11.1 Å². The van der Waals surface area contributed by atoms with Crippen LogP contribution in [0.4, 0.5) is 0 Å². The summed E-state index contributed by atoms with van der Waals surface area (Å²) in [7, 11) is 0. The zero-order valence-corrected chi connectivity index (χ0v) is 9.49.